The molecule has 0 saturated heterocycles. The number of aromatic amines is 1. The van der Waals surface area contributed by atoms with Gasteiger partial charge < -0.3 is 9.72 Å². The van der Waals surface area contributed by atoms with Crippen LogP contribution in [0, 0.1) is 13.8 Å². The molecule has 0 aliphatic carbocycles. The Labute approximate surface area is 161 Å². The molecule has 3 aromatic rings. The maximum atomic E-state index is 12.7. The fourth-order valence-corrected chi connectivity index (χ4v) is 3.34. The van der Waals surface area contributed by atoms with Crippen LogP contribution in [0.15, 0.2) is 18.2 Å². The second-order valence-electron chi connectivity index (χ2n) is 6.70. The maximum Gasteiger partial charge on any atom is 0.338 e. The fourth-order valence-electron chi connectivity index (χ4n) is 3.34. The van der Waals surface area contributed by atoms with Crippen molar-refractivity contribution in [3.05, 3.63) is 46.3 Å². The Morgan fingerprint density at radius 3 is 2.57 bits per heavy atom. The predicted octanol–water partition coefficient (Wildman–Crippen LogP) is 3.03. The van der Waals surface area contributed by atoms with Gasteiger partial charge in [-0.05, 0) is 58.4 Å². The molecule has 0 amide bonds. The van der Waals surface area contributed by atoms with E-state index in [0.29, 0.717) is 34.4 Å². The number of aromatic nitrogens is 4. The minimum atomic E-state index is -1.01. The lowest BCUT2D eigenvalue weighted by Gasteiger charge is -2.12. The average molecular weight is 382 g/mol. The van der Waals surface area contributed by atoms with Crippen LogP contribution in [0.4, 0.5) is 0 Å². The molecule has 0 bridgehead atoms. The number of rotatable bonds is 6. The van der Waals surface area contributed by atoms with E-state index in [0.717, 1.165) is 5.52 Å². The minimum absolute atomic E-state index is 0.122. The Bertz CT molecular complexity index is 1090. The lowest BCUT2D eigenvalue weighted by molar-refractivity contribution is 0.0317. The molecular weight excluding hydrogens is 360 g/mol. The van der Waals surface area contributed by atoms with Gasteiger partial charge in [-0.2, -0.15) is 0 Å². The number of Topliss-reactive ketones (excluding diaryl/α,β-unsaturated/α-hetero) is 2. The zero-order valence-electron chi connectivity index (χ0n) is 16.5. The first-order valence-electron chi connectivity index (χ1n) is 9.03. The average Bonchev–Trinajstić information content (AvgIpc) is 3.20. The van der Waals surface area contributed by atoms with E-state index in [1.165, 1.54) is 13.8 Å². The summed E-state index contributed by atoms with van der Waals surface area (Å²) in [6, 6.07) is 4.96. The highest BCUT2D eigenvalue weighted by Gasteiger charge is 2.26. The standard InChI is InChI=1S/C20H22N4O4/c1-6-24-16-8-7-14(9-15(16)22-23-24)20(27)28-13(5)19(26)18-10(2)17(12(4)25)11(3)21-18/h7-9,13,21H,6H2,1-5H3/t13-/m0/s1. The monoisotopic (exact) mass is 382 g/mol. The number of hydrogen-bond donors (Lipinski definition) is 1. The van der Waals surface area contributed by atoms with Gasteiger partial charge in [0.05, 0.1) is 16.8 Å². The summed E-state index contributed by atoms with van der Waals surface area (Å²) < 4.78 is 7.07. The summed E-state index contributed by atoms with van der Waals surface area (Å²) in [5.74, 6) is -1.13. The number of carbonyl (C=O) groups is 3. The van der Waals surface area contributed by atoms with Crippen LogP contribution in [-0.4, -0.2) is 43.6 Å². The number of nitrogens with one attached hydrogen (secondary N) is 1. The number of fused-ring (bicyclic) bond motifs is 1. The zero-order chi connectivity index (χ0) is 20.6. The lowest BCUT2D eigenvalue weighted by atomic mass is 10.0. The quantitative estimate of drug-likeness (QED) is 0.519. The van der Waals surface area contributed by atoms with Gasteiger partial charge in [0.25, 0.3) is 0 Å². The van der Waals surface area contributed by atoms with Gasteiger partial charge in [0.1, 0.15) is 5.52 Å². The highest BCUT2D eigenvalue weighted by Crippen LogP contribution is 2.21. The van der Waals surface area contributed by atoms with Crippen LogP contribution in [0.5, 0.6) is 0 Å². The van der Waals surface area contributed by atoms with Crippen LogP contribution in [0.25, 0.3) is 11.0 Å². The molecule has 0 fully saturated rings. The van der Waals surface area contributed by atoms with Crippen LogP contribution in [0.3, 0.4) is 0 Å². The van der Waals surface area contributed by atoms with E-state index in [-0.39, 0.29) is 17.3 Å². The molecule has 0 spiro atoms. The van der Waals surface area contributed by atoms with Gasteiger partial charge in [0.15, 0.2) is 11.9 Å². The Kier molecular flexibility index (Phi) is 5.13. The number of ether oxygens (including phenoxy) is 1. The number of aryl methyl sites for hydroxylation is 2. The minimum Gasteiger partial charge on any atom is -0.451 e. The van der Waals surface area contributed by atoms with Crippen LogP contribution < -0.4 is 0 Å². The number of H-pyrrole nitrogens is 1. The summed E-state index contributed by atoms with van der Waals surface area (Å²) in [4.78, 5) is 39.9. The molecule has 0 saturated carbocycles. The second kappa shape index (κ2) is 7.38. The summed E-state index contributed by atoms with van der Waals surface area (Å²) in [5, 5.41) is 8.04. The molecule has 1 N–H and O–H groups in total. The van der Waals surface area contributed by atoms with Crippen molar-refractivity contribution in [1.29, 1.82) is 0 Å². The molecule has 0 radical (unpaired) electrons. The van der Waals surface area contributed by atoms with E-state index in [4.69, 9.17) is 4.74 Å². The summed E-state index contributed by atoms with van der Waals surface area (Å²) in [6.07, 6.45) is -1.01. The normalized spacial score (nSPS) is 12.2. The van der Waals surface area contributed by atoms with Gasteiger partial charge in [0, 0.05) is 17.8 Å². The summed E-state index contributed by atoms with van der Waals surface area (Å²) in [5.41, 5.74) is 3.65. The molecular formula is C20H22N4O4. The number of hydrogen-bond acceptors (Lipinski definition) is 6. The summed E-state index contributed by atoms with van der Waals surface area (Å²) in [6.45, 7) is 9.01. The third kappa shape index (κ3) is 3.33. The molecule has 8 nitrogen and oxygen atoms in total. The third-order valence-electron chi connectivity index (χ3n) is 4.74. The molecule has 2 heterocycles. The predicted molar refractivity (Wildman–Crippen MR) is 103 cm³/mol. The molecule has 8 heteroatoms. The van der Waals surface area contributed by atoms with Crippen LogP contribution in [0.1, 0.15) is 63.2 Å². The van der Waals surface area contributed by atoms with Crippen molar-refractivity contribution in [3.63, 3.8) is 0 Å². The molecule has 0 unspecified atom stereocenters. The van der Waals surface area contributed by atoms with Gasteiger partial charge in [-0.25, -0.2) is 9.48 Å². The topological polar surface area (TPSA) is 107 Å². The van der Waals surface area contributed by atoms with E-state index in [1.54, 1.807) is 36.7 Å². The zero-order valence-corrected chi connectivity index (χ0v) is 16.5. The molecule has 0 aliphatic heterocycles. The van der Waals surface area contributed by atoms with Crippen molar-refractivity contribution in [2.75, 3.05) is 0 Å². The van der Waals surface area contributed by atoms with Crippen molar-refractivity contribution in [2.24, 2.45) is 0 Å². The molecule has 1 aromatic carbocycles. The van der Waals surface area contributed by atoms with E-state index in [9.17, 15) is 14.4 Å². The molecule has 0 aliphatic rings. The fraction of sp³-hybridized carbons (Fsp3) is 0.350. The summed E-state index contributed by atoms with van der Waals surface area (Å²) >= 11 is 0. The summed E-state index contributed by atoms with van der Waals surface area (Å²) in [7, 11) is 0. The smallest absolute Gasteiger partial charge is 0.338 e. The first-order chi connectivity index (χ1) is 13.2. The molecule has 1 atom stereocenters. The number of carbonyl (C=O) groups excluding carboxylic acids is 3. The van der Waals surface area contributed by atoms with Crippen molar-refractivity contribution >= 4 is 28.6 Å². The van der Waals surface area contributed by atoms with Gasteiger partial charge in [-0.1, -0.05) is 5.21 Å². The molecule has 3 rings (SSSR count). The van der Waals surface area contributed by atoms with Gasteiger partial charge in [-0.15, -0.1) is 5.10 Å². The molecule has 28 heavy (non-hydrogen) atoms. The largest absolute Gasteiger partial charge is 0.451 e. The van der Waals surface area contributed by atoms with Gasteiger partial charge >= 0.3 is 5.97 Å². The number of nitrogens with zero attached hydrogens (tertiary/aromatic N) is 3. The molecule has 146 valence electrons. The Hall–Kier alpha value is -3.29. The van der Waals surface area contributed by atoms with E-state index >= 15 is 0 Å². The van der Waals surface area contributed by atoms with Crippen LogP contribution >= 0.6 is 0 Å². The van der Waals surface area contributed by atoms with Crippen molar-refractivity contribution in [1.82, 2.24) is 20.0 Å². The lowest BCUT2D eigenvalue weighted by Crippen LogP contribution is -2.25. The van der Waals surface area contributed by atoms with Gasteiger partial charge in [-0.3, -0.25) is 9.59 Å². The number of ketones is 2. The van der Waals surface area contributed by atoms with Crippen molar-refractivity contribution < 1.29 is 19.1 Å². The highest BCUT2D eigenvalue weighted by atomic mass is 16.5. The van der Waals surface area contributed by atoms with Gasteiger partial charge in [0.2, 0.25) is 5.78 Å². The molecule has 2 aromatic heterocycles. The van der Waals surface area contributed by atoms with Crippen LogP contribution in [0.2, 0.25) is 0 Å². The SMILES string of the molecule is CCn1nnc2cc(C(=O)O[C@@H](C)C(=O)c3[nH]c(C)c(C(C)=O)c3C)ccc21. The second-order valence-corrected chi connectivity index (χ2v) is 6.70. The van der Waals surface area contributed by atoms with Crippen molar-refractivity contribution in [2.45, 2.75) is 47.3 Å². The first-order valence-corrected chi connectivity index (χ1v) is 9.03. The maximum absolute atomic E-state index is 12.7. The van der Waals surface area contributed by atoms with Crippen LogP contribution in [-0.2, 0) is 11.3 Å². The third-order valence-corrected chi connectivity index (χ3v) is 4.74. The Balaban J connectivity index is 1.80. The first kappa shape index (κ1) is 19.5. The number of esters is 1. The van der Waals surface area contributed by atoms with Crippen molar-refractivity contribution in [3.8, 4) is 0 Å². The Morgan fingerprint density at radius 2 is 1.96 bits per heavy atom. The van der Waals surface area contributed by atoms with E-state index in [1.807, 2.05) is 6.92 Å². The number of benzene rings is 1. The Morgan fingerprint density at radius 1 is 1.25 bits per heavy atom. The van der Waals surface area contributed by atoms with E-state index in [2.05, 4.69) is 15.3 Å². The van der Waals surface area contributed by atoms with E-state index < -0.39 is 12.1 Å². The highest BCUT2D eigenvalue weighted by molar-refractivity contribution is 6.05.